The molecule has 0 saturated heterocycles. The lowest BCUT2D eigenvalue weighted by molar-refractivity contribution is 0.356. The number of unbranched alkanes of at least 4 members (excludes halogenated alkanes) is 2. The minimum Gasteiger partial charge on any atom is -0.493 e. The fourth-order valence-corrected chi connectivity index (χ4v) is 2.91. The van der Waals surface area contributed by atoms with Crippen LogP contribution in [-0.4, -0.2) is 53.1 Å². The van der Waals surface area contributed by atoms with Crippen LogP contribution in [0.15, 0.2) is 18.5 Å². The van der Waals surface area contributed by atoms with Gasteiger partial charge in [0.15, 0.2) is 11.5 Å². The highest BCUT2D eigenvalue weighted by Crippen LogP contribution is 2.34. The lowest BCUT2D eigenvalue weighted by Crippen LogP contribution is -2.21. The first-order chi connectivity index (χ1) is 12.1. The van der Waals surface area contributed by atoms with Crippen LogP contribution in [0.2, 0.25) is 0 Å². The molecule has 2 N–H and O–H groups in total. The number of fused-ring (bicyclic) bond motifs is 1. The van der Waals surface area contributed by atoms with Crippen LogP contribution < -0.4 is 19.1 Å². The topological polar surface area (TPSA) is 96.8 Å². The molecule has 0 saturated carbocycles. The maximum absolute atomic E-state index is 10.5. The minimum absolute atomic E-state index is 0.528. The van der Waals surface area contributed by atoms with Gasteiger partial charge in [-0.3, -0.25) is 4.55 Å². The predicted octanol–water partition coefficient (Wildman–Crippen LogP) is 1.98. The van der Waals surface area contributed by atoms with Crippen molar-refractivity contribution >= 4 is 28.0 Å². The molecular weight excluding hydrogens is 344 g/mol. The Morgan fingerprint density at radius 2 is 1.88 bits per heavy atom. The van der Waals surface area contributed by atoms with Gasteiger partial charge in [-0.1, -0.05) is 6.42 Å². The summed E-state index contributed by atoms with van der Waals surface area (Å²) in [5.74, 6) is 2.11. The molecule has 0 radical (unpaired) electrons. The molecule has 0 amide bonds. The summed E-state index contributed by atoms with van der Waals surface area (Å²) in [7, 11) is 5.18. The van der Waals surface area contributed by atoms with Gasteiger partial charge in [-0.15, -0.1) is 0 Å². The molecule has 0 fully saturated rings. The first-order valence-electron chi connectivity index (χ1n) is 7.99. The van der Waals surface area contributed by atoms with E-state index in [4.69, 9.17) is 14.0 Å². The number of methoxy groups -OCH3 is 2. The van der Waals surface area contributed by atoms with Crippen LogP contribution in [0, 0.1) is 0 Å². The Kier molecular flexibility index (Phi) is 7.35. The number of aromatic nitrogens is 2. The summed E-state index contributed by atoms with van der Waals surface area (Å²) in [5, 5.41) is 0.903. The average Bonchev–Trinajstić information content (AvgIpc) is 2.62. The molecule has 2 aromatic rings. The Bertz CT molecular complexity index is 729. The average molecular weight is 368 g/mol. The third kappa shape index (κ3) is 5.25. The highest BCUT2D eigenvalue weighted by molar-refractivity contribution is 7.77. The summed E-state index contributed by atoms with van der Waals surface area (Å²) in [6.45, 7) is 1.35. The zero-order valence-electron chi connectivity index (χ0n) is 14.7. The lowest BCUT2D eigenvalue weighted by Gasteiger charge is -2.20. The minimum atomic E-state index is -1.93. The second-order valence-electron chi connectivity index (χ2n) is 5.55. The number of ether oxygens (including phenoxy) is 2. The molecule has 138 valence electrons. The lowest BCUT2D eigenvalue weighted by atomic mass is 10.2. The molecule has 0 aliphatic rings. The van der Waals surface area contributed by atoms with E-state index in [2.05, 4.69) is 19.6 Å². The zero-order valence-corrected chi connectivity index (χ0v) is 15.5. The van der Waals surface area contributed by atoms with Crippen molar-refractivity contribution in [3.8, 4) is 11.5 Å². The predicted molar refractivity (Wildman–Crippen MR) is 98.5 cm³/mol. The quantitative estimate of drug-likeness (QED) is 0.489. The van der Waals surface area contributed by atoms with Crippen LogP contribution in [0.1, 0.15) is 19.3 Å². The van der Waals surface area contributed by atoms with Crippen LogP contribution in [-0.2, 0) is 11.3 Å². The molecule has 0 spiro atoms. The Morgan fingerprint density at radius 3 is 2.56 bits per heavy atom. The van der Waals surface area contributed by atoms with Crippen LogP contribution in [0.25, 0.3) is 10.9 Å². The van der Waals surface area contributed by atoms with E-state index < -0.39 is 11.3 Å². The summed E-state index contributed by atoms with van der Waals surface area (Å²) in [6.07, 6.45) is 4.29. The molecular formula is C16H24N4O4S. The molecule has 9 heteroatoms. The van der Waals surface area contributed by atoms with Crippen molar-refractivity contribution in [2.45, 2.75) is 19.3 Å². The number of anilines is 1. The van der Waals surface area contributed by atoms with Crippen molar-refractivity contribution in [3.63, 3.8) is 0 Å². The highest BCUT2D eigenvalue weighted by Gasteiger charge is 2.13. The van der Waals surface area contributed by atoms with Gasteiger partial charge >= 0.3 is 0 Å². The molecule has 2 rings (SSSR count). The van der Waals surface area contributed by atoms with Crippen molar-refractivity contribution in [2.24, 2.45) is 0 Å². The van der Waals surface area contributed by atoms with E-state index >= 15 is 0 Å². The molecule has 0 bridgehead atoms. The van der Waals surface area contributed by atoms with Crippen molar-refractivity contribution in [3.05, 3.63) is 18.5 Å². The van der Waals surface area contributed by atoms with Gasteiger partial charge in [0.1, 0.15) is 12.1 Å². The Hall–Kier alpha value is -1.97. The third-order valence-electron chi connectivity index (χ3n) is 3.88. The summed E-state index contributed by atoms with van der Waals surface area (Å²) in [6, 6.07) is 3.73. The summed E-state index contributed by atoms with van der Waals surface area (Å²) in [4.78, 5) is 10.8. The largest absolute Gasteiger partial charge is 0.493 e. The molecule has 1 aromatic carbocycles. The van der Waals surface area contributed by atoms with E-state index in [1.54, 1.807) is 20.5 Å². The number of nitrogens with one attached hydrogen (secondary N) is 1. The smallest absolute Gasteiger partial charge is 0.231 e. The Morgan fingerprint density at radius 1 is 1.16 bits per heavy atom. The maximum Gasteiger partial charge on any atom is 0.231 e. The van der Waals surface area contributed by atoms with Crippen molar-refractivity contribution in [2.75, 3.05) is 39.3 Å². The second kappa shape index (κ2) is 9.50. The zero-order chi connectivity index (χ0) is 18.2. The van der Waals surface area contributed by atoms with E-state index in [0.29, 0.717) is 18.0 Å². The van der Waals surface area contributed by atoms with E-state index in [1.807, 2.05) is 19.2 Å². The van der Waals surface area contributed by atoms with E-state index in [0.717, 1.165) is 42.5 Å². The van der Waals surface area contributed by atoms with Crippen LogP contribution >= 0.6 is 0 Å². The molecule has 25 heavy (non-hydrogen) atoms. The summed E-state index contributed by atoms with van der Waals surface area (Å²) >= 11 is -1.93. The number of nitrogens with zero attached hydrogens (tertiary/aromatic N) is 3. The van der Waals surface area contributed by atoms with Crippen LogP contribution in [0.5, 0.6) is 11.5 Å². The number of rotatable bonds is 10. The van der Waals surface area contributed by atoms with E-state index in [1.165, 1.54) is 0 Å². The molecule has 0 aliphatic carbocycles. The van der Waals surface area contributed by atoms with Gasteiger partial charge in [0.2, 0.25) is 11.3 Å². The SMILES string of the molecule is COc1cc2ncnc(N(C)CCCCCNS(=O)O)c2cc1OC. The fraction of sp³-hybridized carbons (Fsp3) is 0.500. The third-order valence-corrected chi connectivity index (χ3v) is 4.33. The van der Waals surface area contributed by atoms with E-state index in [9.17, 15) is 4.21 Å². The molecule has 0 aliphatic heterocycles. The van der Waals surface area contributed by atoms with Crippen molar-refractivity contribution in [1.82, 2.24) is 14.7 Å². The summed E-state index contributed by atoms with van der Waals surface area (Å²) in [5.41, 5.74) is 0.795. The molecule has 1 aromatic heterocycles. The first-order valence-corrected chi connectivity index (χ1v) is 9.09. The standard InChI is InChI=1S/C16H24N4O4S/c1-20(8-6-4-5-7-19-25(21)22)16-12-9-14(23-2)15(24-3)10-13(12)17-11-18-16/h9-11,19H,4-8H2,1-3H3,(H,21,22). The molecule has 1 unspecified atom stereocenters. The first kappa shape index (κ1) is 19.4. The van der Waals surface area contributed by atoms with Crippen LogP contribution in [0.3, 0.4) is 0 Å². The monoisotopic (exact) mass is 368 g/mol. The highest BCUT2D eigenvalue weighted by atomic mass is 32.2. The molecule has 1 atom stereocenters. The van der Waals surface area contributed by atoms with Gasteiger partial charge in [-0.05, 0) is 18.9 Å². The molecule has 8 nitrogen and oxygen atoms in total. The maximum atomic E-state index is 10.5. The number of hydrogen-bond acceptors (Lipinski definition) is 6. The van der Waals surface area contributed by atoms with Crippen LogP contribution in [0.4, 0.5) is 5.82 Å². The van der Waals surface area contributed by atoms with Crippen molar-refractivity contribution < 1.29 is 18.2 Å². The molecule has 1 heterocycles. The summed E-state index contributed by atoms with van der Waals surface area (Å²) < 4.78 is 32.3. The second-order valence-corrected chi connectivity index (χ2v) is 6.33. The Labute approximate surface area is 150 Å². The Balaban J connectivity index is 2.05. The number of benzene rings is 1. The van der Waals surface area contributed by atoms with Gasteiger partial charge in [0.25, 0.3) is 0 Å². The van der Waals surface area contributed by atoms with E-state index in [-0.39, 0.29) is 0 Å². The normalized spacial score (nSPS) is 12.2. The van der Waals surface area contributed by atoms with Gasteiger partial charge in [-0.2, -0.15) is 0 Å². The van der Waals surface area contributed by atoms with Gasteiger partial charge < -0.3 is 14.4 Å². The van der Waals surface area contributed by atoms with Gasteiger partial charge in [-0.25, -0.2) is 18.9 Å². The van der Waals surface area contributed by atoms with Gasteiger partial charge in [0.05, 0.1) is 19.7 Å². The van der Waals surface area contributed by atoms with Crippen molar-refractivity contribution in [1.29, 1.82) is 0 Å². The number of hydrogen-bond donors (Lipinski definition) is 2. The fourth-order valence-electron chi connectivity index (χ4n) is 2.59. The van der Waals surface area contributed by atoms with Gasteiger partial charge in [0, 0.05) is 31.6 Å².